The Labute approximate surface area is 96.6 Å². The molecule has 2 atom stereocenters. The van der Waals surface area contributed by atoms with Gasteiger partial charge in [0.05, 0.1) is 12.1 Å². The minimum absolute atomic E-state index is 0.423. The summed E-state index contributed by atoms with van der Waals surface area (Å²) in [6.07, 6.45) is 4.41. The van der Waals surface area contributed by atoms with Crippen molar-refractivity contribution < 1.29 is 0 Å². The Morgan fingerprint density at radius 1 is 0.875 bits per heavy atom. The van der Waals surface area contributed by atoms with Gasteiger partial charge in [0.15, 0.2) is 0 Å². The van der Waals surface area contributed by atoms with Crippen molar-refractivity contribution in [2.24, 2.45) is 11.8 Å². The second kappa shape index (κ2) is 3.73. The summed E-state index contributed by atoms with van der Waals surface area (Å²) in [5, 5.41) is 18.4. The van der Waals surface area contributed by atoms with E-state index >= 15 is 0 Å². The van der Waals surface area contributed by atoms with E-state index in [4.69, 9.17) is 0 Å². The minimum Gasteiger partial charge on any atom is -0.236 e. The molecule has 16 heavy (non-hydrogen) atoms. The fourth-order valence-corrected chi connectivity index (χ4v) is 2.02. The summed E-state index contributed by atoms with van der Waals surface area (Å²) in [7, 11) is 0. The molecule has 2 rings (SSSR count). The molecule has 2 saturated carbocycles. The average Bonchev–Trinajstić information content (AvgIpc) is 3.15. The Hall–Kier alpha value is -1.10. The highest BCUT2D eigenvalue weighted by atomic mass is 15.4. The van der Waals surface area contributed by atoms with Crippen LogP contribution in [0.25, 0.3) is 0 Å². The van der Waals surface area contributed by atoms with E-state index in [1.54, 1.807) is 0 Å². The lowest BCUT2D eigenvalue weighted by molar-refractivity contribution is 0.259. The second-order valence-corrected chi connectivity index (χ2v) is 5.43. The van der Waals surface area contributed by atoms with Crippen molar-refractivity contribution in [2.75, 3.05) is 0 Å². The number of nitrogens with one attached hydrogen (secondary N) is 2. The van der Waals surface area contributed by atoms with Crippen LogP contribution in [0.2, 0.25) is 0 Å². The van der Waals surface area contributed by atoms with Crippen molar-refractivity contribution >= 4 is 0 Å². The Kier molecular flexibility index (Phi) is 2.66. The fourth-order valence-electron chi connectivity index (χ4n) is 2.02. The zero-order chi connectivity index (χ0) is 11.8. The van der Waals surface area contributed by atoms with Gasteiger partial charge in [-0.3, -0.25) is 0 Å². The Morgan fingerprint density at radius 3 is 1.38 bits per heavy atom. The molecule has 0 heterocycles. The Balaban J connectivity index is 1.95. The highest BCUT2D eigenvalue weighted by Crippen LogP contribution is 2.41. The first kappa shape index (κ1) is 11.4. The topological polar surface area (TPSA) is 71.6 Å². The third-order valence-electron chi connectivity index (χ3n) is 3.83. The normalized spacial score (nSPS) is 27.2. The molecule has 86 valence electrons. The number of hydrogen-bond donors (Lipinski definition) is 2. The standard InChI is InChI=1S/C12H18N4/c1-11(7-13,9-3-4-9)15-16-12(2,8-14)10-5-6-10/h9-10,15-16H,3-6H2,1-2H3. The molecule has 0 saturated heterocycles. The van der Waals surface area contributed by atoms with E-state index in [-0.39, 0.29) is 0 Å². The van der Waals surface area contributed by atoms with Crippen LogP contribution in [0.1, 0.15) is 39.5 Å². The van der Waals surface area contributed by atoms with Gasteiger partial charge >= 0.3 is 0 Å². The molecule has 0 bridgehead atoms. The van der Waals surface area contributed by atoms with E-state index in [1.807, 2.05) is 13.8 Å². The van der Waals surface area contributed by atoms with Crippen molar-refractivity contribution in [1.82, 2.24) is 10.9 Å². The molecule has 2 N–H and O–H groups in total. The van der Waals surface area contributed by atoms with E-state index in [1.165, 1.54) is 0 Å². The van der Waals surface area contributed by atoms with Crippen LogP contribution in [0.3, 0.4) is 0 Å². The van der Waals surface area contributed by atoms with Gasteiger partial charge in [0.1, 0.15) is 11.1 Å². The monoisotopic (exact) mass is 218 g/mol. The molecule has 0 aliphatic heterocycles. The first-order chi connectivity index (χ1) is 7.54. The molecule has 2 unspecified atom stereocenters. The van der Waals surface area contributed by atoms with Crippen LogP contribution in [0, 0.1) is 34.5 Å². The zero-order valence-corrected chi connectivity index (χ0v) is 9.88. The van der Waals surface area contributed by atoms with Gasteiger partial charge < -0.3 is 0 Å². The number of hydrogen-bond acceptors (Lipinski definition) is 4. The summed E-state index contributed by atoms with van der Waals surface area (Å²) >= 11 is 0. The van der Waals surface area contributed by atoms with E-state index in [2.05, 4.69) is 23.0 Å². The first-order valence-corrected chi connectivity index (χ1v) is 5.91. The number of nitriles is 2. The molecular weight excluding hydrogens is 200 g/mol. The van der Waals surface area contributed by atoms with Gasteiger partial charge in [0.2, 0.25) is 0 Å². The maximum absolute atomic E-state index is 9.18. The highest BCUT2D eigenvalue weighted by molar-refractivity contribution is 5.16. The molecule has 0 aromatic heterocycles. The molecular formula is C12H18N4. The smallest absolute Gasteiger partial charge is 0.119 e. The van der Waals surface area contributed by atoms with Crippen LogP contribution < -0.4 is 10.9 Å². The average molecular weight is 218 g/mol. The van der Waals surface area contributed by atoms with Gasteiger partial charge in [-0.25, -0.2) is 10.9 Å². The summed E-state index contributed by atoms with van der Waals surface area (Å²) < 4.78 is 0. The quantitative estimate of drug-likeness (QED) is 0.685. The molecule has 0 amide bonds. The predicted octanol–water partition coefficient (Wildman–Crippen LogP) is 1.47. The lowest BCUT2D eigenvalue weighted by Gasteiger charge is -2.30. The van der Waals surface area contributed by atoms with Crippen molar-refractivity contribution in [3.8, 4) is 12.1 Å². The molecule has 0 aromatic carbocycles. The van der Waals surface area contributed by atoms with Crippen molar-refractivity contribution in [2.45, 2.75) is 50.6 Å². The molecule has 0 spiro atoms. The SMILES string of the molecule is CC(C#N)(NNC(C)(C#N)C1CC1)C1CC1. The summed E-state index contributed by atoms with van der Waals surface area (Å²) in [5.41, 5.74) is 5.10. The first-order valence-electron chi connectivity index (χ1n) is 5.91. The molecule has 2 aliphatic rings. The van der Waals surface area contributed by atoms with Crippen molar-refractivity contribution in [1.29, 1.82) is 10.5 Å². The number of nitrogens with zero attached hydrogens (tertiary/aromatic N) is 2. The van der Waals surface area contributed by atoms with Crippen LogP contribution in [-0.2, 0) is 0 Å². The summed E-state index contributed by atoms with van der Waals surface area (Å²) in [4.78, 5) is 0. The van der Waals surface area contributed by atoms with Gasteiger partial charge in [-0.05, 0) is 51.4 Å². The summed E-state index contributed by atoms with van der Waals surface area (Å²) in [5.74, 6) is 0.847. The lowest BCUT2D eigenvalue weighted by atomic mass is 9.97. The largest absolute Gasteiger partial charge is 0.236 e. The van der Waals surface area contributed by atoms with Gasteiger partial charge in [-0.2, -0.15) is 10.5 Å². The Morgan fingerprint density at radius 2 is 1.19 bits per heavy atom. The fraction of sp³-hybridized carbons (Fsp3) is 0.833. The van der Waals surface area contributed by atoms with E-state index in [9.17, 15) is 10.5 Å². The van der Waals surface area contributed by atoms with E-state index in [0.29, 0.717) is 11.8 Å². The number of rotatable bonds is 5. The van der Waals surface area contributed by atoms with Crippen LogP contribution >= 0.6 is 0 Å². The maximum Gasteiger partial charge on any atom is 0.119 e. The minimum atomic E-state index is -0.535. The van der Waals surface area contributed by atoms with E-state index < -0.39 is 11.1 Å². The van der Waals surface area contributed by atoms with Crippen LogP contribution in [-0.4, -0.2) is 11.1 Å². The molecule has 4 heteroatoms. The summed E-state index contributed by atoms with van der Waals surface area (Å²) in [6.45, 7) is 3.81. The predicted molar refractivity (Wildman–Crippen MR) is 59.8 cm³/mol. The third-order valence-corrected chi connectivity index (χ3v) is 3.83. The molecule has 2 fully saturated rings. The third kappa shape index (κ3) is 2.04. The molecule has 2 aliphatic carbocycles. The van der Waals surface area contributed by atoms with Gasteiger partial charge in [-0.15, -0.1) is 0 Å². The van der Waals surface area contributed by atoms with Crippen LogP contribution in [0.5, 0.6) is 0 Å². The Bertz CT molecular complexity index is 322. The molecule has 0 radical (unpaired) electrons. The lowest BCUT2D eigenvalue weighted by Crippen LogP contribution is -2.59. The maximum atomic E-state index is 9.18. The van der Waals surface area contributed by atoms with Crippen LogP contribution in [0.15, 0.2) is 0 Å². The van der Waals surface area contributed by atoms with Gasteiger partial charge in [0, 0.05) is 0 Å². The number of hydrazine groups is 1. The second-order valence-electron chi connectivity index (χ2n) is 5.43. The van der Waals surface area contributed by atoms with Crippen molar-refractivity contribution in [3.05, 3.63) is 0 Å². The van der Waals surface area contributed by atoms with Crippen LogP contribution in [0.4, 0.5) is 0 Å². The van der Waals surface area contributed by atoms with Crippen molar-refractivity contribution in [3.63, 3.8) is 0 Å². The van der Waals surface area contributed by atoms with E-state index in [0.717, 1.165) is 25.7 Å². The van der Waals surface area contributed by atoms with Gasteiger partial charge in [0.25, 0.3) is 0 Å². The van der Waals surface area contributed by atoms with Gasteiger partial charge in [-0.1, -0.05) is 0 Å². The zero-order valence-electron chi connectivity index (χ0n) is 9.88. The summed E-state index contributed by atoms with van der Waals surface area (Å²) in [6, 6.07) is 4.63. The molecule has 0 aromatic rings. The molecule has 4 nitrogen and oxygen atoms in total. The highest BCUT2D eigenvalue weighted by Gasteiger charge is 2.46.